The van der Waals surface area contributed by atoms with Crippen LogP contribution in [0.25, 0.3) is 11.3 Å². The average molecular weight is 494 g/mol. The molecule has 0 saturated heterocycles. The first kappa shape index (κ1) is 25.1. The Bertz CT molecular complexity index is 1330. The number of nitrogens with zero attached hydrogens (tertiary/aromatic N) is 3. The molecule has 1 aliphatic rings. The molecule has 186 valence electrons. The van der Waals surface area contributed by atoms with Gasteiger partial charge in [0.1, 0.15) is 0 Å². The minimum Gasteiger partial charge on any atom is -0.444 e. The van der Waals surface area contributed by atoms with Gasteiger partial charge >= 0.3 is 6.18 Å². The van der Waals surface area contributed by atoms with Crippen LogP contribution in [0.4, 0.5) is 18.9 Å². The van der Waals surface area contributed by atoms with Crippen LogP contribution in [0, 0.1) is 11.3 Å². The minimum atomic E-state index is -4.43. The van der Waals surface area contributed by atoms with E-state index in [0.717, 1.165) is 40.2 Å². The third-order valence-corrected chi connectivity index (χ3v) is 6.04. The lowest BCUT2D eigenvalue weighted by Crippen LogP contribution is -2.33. The molecule has 2 aromatic carbocycles. The average Bonchev–Trinajstić information content (AvgIpc) is 3.39. The van der Waals surface area contributed by atoms with Crippen LogP contribution in [-0.2, 0) is 6.18 Å². The SMILES string of the molecule is CC=C1NCCC(Nc2cccc(C(F)(F)F)c2)=C1[C@@H](c1ccc(C#N)cc1-c1cnco1)N(C)C. The highest BCUT2D eigenvalue weighted by Crippen LogP contribution is 2.41. The highest BCUT2D eigenvalue weighted by Gasteiger charge is 2.32. The van der Waals surface area contributed by atoms with Crippen LogP contribution in [0.3, 0.4) is 0 Å². The van der Waals surface area contributed by atoms with E-state index in [4.69, 9.17) is 4.42 Å². The molecule has 0 aliphatic carbocycles. The molecule has 1 atom stereocenters. The lowest BCUT2D eigenvalue weighted by molar-refractivity contribution is -0.137. The molecule has 0 spiro atoms. The Balaban J connectivity index is 1.89. The molecule has 0 fully saturated rings. The summed E-state index contributed by atoms with van der Waals surface area (Å²) in [6.45, 7) is 2.55. The maximum absolute atomic E-state index is 13.3. The van der Waals surface area contributed by atoms with Crippen molar-refractivity contribution in [1.29, 1.82) is 5.26 Å². The van der Waals surface area contributed by atoms with Gasteiger partial charge in [0.2, 0.25) is 0 Å². The third-order valence-electron chi connectivity index (χ3n) is 6.04. The molecule has 4 rings (SSSR count). The molecule has 0 saturated carbocycles. The first-order chi connectivity index (χ1) is 17.2. The standard InChI is InChI=1S/C27H26F3N5O/c1-4-22-25(23(10-11-33-22)34-19-7-5-6-18(13-19)27(28,29)30)26(35(2)3)20-9-8-17(14-31)12-21(20)24-15-32-16-36-24/h4-9,12-13,15-16,26,33-34H,10-11H2,1-3H3/t26-/m1/s1. The highest BCUT2D eigenvalue weighted by molar-refractivity contribution is 5.67. The van der Waals surface area contributed by atoms with Crippen molar-refractivity contribution < 1.29 is 17.6 Å². The summed E-state index contributed by atoms with van der Waals surface area (Å²) < 4.78 is 45.6. The predicted molar refractivity (Wildman–Crippen MR) is 132 cm³/mol. The summed E-state index contributed by atoms with van der Waals surface area (Å²) in [7, 11) is 3.87. The Labute approximate surface area is 207 Å². The third kappa shape index (κ3) is 5.14. The van der Waals surface area contributed by atoms with E-state index in [0.29, 0.717) is 30.0 Å². The van der Waals surface area contributed by atoms with Crippen molar-refractivity contribution in [3.63, 3.8) is 0 Å². The van der Waals surface area contributed by atoms with Gasteiger partial charge in [-0.3, -0.25) is 4.90 Å². The number of alkyl halides is 3. The first-order valence-electron chi connectivity index (χ1n) is 11.4. The van der Waals surface area contributed by atoms with Gasteiger partial charge in [-0.25, -0.2) is 4.98 Å². The maximum atomic E-state index is 13.3. The van der Waals surface area contributed by atoms with Crippen LogP contribution in [0.1, 0.15) is 36.1 Å². The van der Waals surface area contributed by atoms with Gasteiger partial charge in [0.15, 0.2) is 12.2 Å². The number of hydrogen-bond donors (Lipinski definition) is 2. The van der Waals surface area contributed by atoms with E-state index in [-0.39, 0.29) is 6.04 Å². The Morgan fingerprint density at radius 1 is 1.22 bits per heavy atom. The summed E-state index contributed by atoms with van der Waals surface area (Å²) in [5, 5.41) is 16.2. The van der Waals surface area contributed by atoms with Crippen LogP contribution in [0.2, 0.25) is 0 Å². The quantitative estimate of drug-likeness (QED) is 0.432. The van der Waals surface area contributed by atoms with Gasteiger partial charge in [0.05, 0.1) is 29.4 Å². The van der Waals surface area contributed by atoms with Crippen LogP contribution in [-0.4, -0.2) is 30.5 Å². The molecule has 9 heteroatoms. The van der Waals surface area contributed by atoms with Gasteiger partial charge in [-0.05, 0) is 56.9 Å². The van der Waals surface area contributed by atoms with Crippen molar-refractivity contribution in [2.75, 3.05) is 26.0 Å². The summed E-state index contributed by atoms with van der Waals surface area (Å²) in [5.41, 5.74) is 4.31. The van der Waals surface area contributed by atoms with E-state index in [9.17, 15) is 18.4 Å². The molecule has 1 aliphatic heterocycles. The summed E-state index contributed by atoms with van der Waals surface area (Å²) in [6, 6.07) is 12.5. The predicted octanol–water partition coefficient (Wildman–Crippen LogP) is 6.10. The summed E-state index contributed by atoms with van der Waals surface area (Å²) in [5.74, 6) is 0.521. The summed E-state index contributed by atoms with van der Waals surface area (Å²) >= 11 is 0. The number of likely N-dealkylation sites (N-methyl/N-ethyl adjacent to an activating group) is 1. The monoisotopic (exact) mass is 493 g/mol. The first-order valence-corrected chi connectivity index (χ1v) is 11.4. The molecule has 0 unspecified atom stereocenters. The van der Waals surface area contributed by atoms with E-state index >= 15 is 0 Å². The largest absolute Gasteiger partial charge is 0.444 e. The van der Waals surface area contributed by atoms with Crippen molar-refractivity contribution in [2.45, 2.75) is 25.6 Å². The van der Waals surface area contributed by atoms with Crippen LogP contribution in [0.15, 0.2) is 82.5 Å². The minimum absolute atomic E-state index is 0.315. The van der Waals surface area contributed by atoms with Gasteiger partial charge in [0, 0.05) is 41.2 Å². The van der Waals surface area contributed by atoms with E-state index in [2.05, 4.69) is 21.7 Å². The molecule has 1 aromatic heterocycles. The zero-order valence-corrected chi connectivity index (χ0v) is 20.1. The fourth-order valence-corrected chi connectivity index (χ4v) is 4.48. The van der Waals surface area contributed by atoms with E-state index < -0.39 is 11.7 Å². The Hall–Kier alpha value is -4.03. The number of nitrogens with one attached hydrogen (secondary N) is 2. The topological polar surface area (TPSA) is 77.1 Å². The maximum Gasteiger partial charge on any atom is 0.416 e. The zero-order chi connectivity index (χ0) is 25.9. The highest BCUT2D eigenvalue weighted by atomic mass is 19.4. The Morgan fingerprint density at radius 3 is 2.67 bits per heavy atom. The molecule has 36 heavy (non-hydrogen) atoms. The molecular formula is C27H26F3N5O. The van der Waals surface area contributed by atoms with E-state index in [1.54, 1.807) is 24.4 Å². The fourth-order valence-electron chi connectivity index (χ4n) is 4.48. The molecule has 0 radical (unpaired) electrons. The number of benzene rings is 2. The zero-order valence-electron chi connectivity index (χ0n) is 20.1. The number of nitriles is 1. The van der Waals surface area contributed by atoms with Gasteiger partial charge in [-0.15, -0.1) is 0 Å². The molecular weight excluding hydrogens is 467 g/mol. The van der Waals surface area contributed by atoms with Crippen LogP contribution in [0.5, 0.6) is 0 Å². The molecule has 2 N–H and O–H groups in total. The fraction of sp³-hybridized carbons (Fsp3) is 0.259. The van der Waals surface area contributed by atoms with Crippen molar-refractivity contribution in [2.24, 2.45) is 0 Å². The van der Waals surface area contributed by atoms with Gasteiger partial charge < -0.3 is 15.1 Å². The van der Waals surface area contributed by atoms with Crippen LogP contribution < -0.4 is 10.6 Å². The van der Waals surface area contributed by atoms with Crippen LogP contribution >= 0.6 is 0 Å². The lowest BCUT2D eigenvalue weighted by Gasteiger charge is -2.35. The van der Waals surface area contributed by atoms with Crippen molar-refractivity contribution in [1.82, 2.24) is 15.2 Å². The number of rotatable bonds is 6. The van der Waals surface area contributed by atoms with Gasteiger partial charge in [0.25, 0.3) is 0 Å². The number of hydrogen-bond acceptors (Lipinski definition) is 6. The number of allylic oxidation sites excluding steroid dienone is 1. The lowest BCUT2D eigenvalue weighted by atomic mass is 9.86. The second-order valence-corrected chi connectivity index (χ2v) is 8.62. The second-order valence-electron chi connectivity index (χ2n) is 8.62. The van der Waals surface area contributed by atoms with Crippen molar-refractivity contribution in [3.8, 4) is 17.4 Å². The Kier molecular flexibility index (Phi) is 7.17. The summed E-state index contributed by atoms with van der Waals surface area (Å²) in [6.07, 6.45) is 1.04. The van der Waals surface area contributed by atoms with E-state index in [1.807, 2.05) is 38.1 Å². The second kappa shape index (κ2) is 10.3. The molecule has 3 aromatic rings. The molecule has 2 heterocycles. The molecule has 0 bridgehead atoms. The number of aromatic nitrogens is 1. The molecule has 0 amide bonds. The smallest absolute Gasteiger partial charge is 0.416 e. The molecule has 6 nitrogen and oxygen atoms in total. The Morgan fingerprint density at radius 2 is 2.03 bits per heavy atom. The van der Waals surface area contributed by atoms with E-state index in [1.165, 1.54) is 12.5 Å². The van der Waals surface area contributed by atoms with Crippen molar-refractivity contribution >= 4 is 5.69 Å². The normalized spacial score (nSPS) is 16.1. The van der Waals surface area contributed by atoms with Crippen molar-refractivity contribution in [3.05, 3.63) is 94.8 Å². The van der Waals surface area contributed by atoms with Gasteiger partial charge in [-0.2, -0.15) is 18.4 Å². The number of anilines is 1. The number of halogens is 3. The number of oxazole rings is 1. The summed E-state index contributed by atoms with van der Waals surface area (Å²) in [4.78, 5) is 6.07. The van der Waals surface area contributed by atoms with Gasteiger partial charge in [-0.1, -0.05) is 18.2 Å².